The van der Waals surface area contributed by atoms with Crippen molar-refractivity contribution < 1.29 is 4.79 Å². The van der Waals surface area contributed by atoms with Crippen LogP contribution in [0.4, 0.5) is 11.6 Å². The molecule has 1 amide bonds. The third-order valence-corrected chi connectivity index (χ3v) is 4.52. The van der Waals surface area contributed by atoms with Gasteiger partial charge in [0.2, 0.25) is 5.95 Å². The summed E-state index contributed by atoms with van der Waals surface area (Å²) < 4.78 is 0. The van der Waals surface area contributed by atoms with Crippen LogP contribution in [-0.4, -0.2) is 29.0 Å². The number of aromatic nitrogens is 2. The van der Waals surface area contributed by atoms with Crippen LogP contribution in [-0.2, 0) is 6.42 Å². The van der Waals surface area contributed by atoms with Crippen molar-refractivity contribution in [1.29, 1.82) is 0 Å². The fraction of sp³-hybridized carbons (Fsp3) is 0.227. The molecule has 28 heavy (non-hydrogen) atoms. The maximum absolute atomic E-state index is 12.6. The van der Waals surface area contributed by atoms with E-state index in [-0.39, 0.29) is 5.91 Å². The second kappa shape index (κ2) is 9.33. The first-order valence-electron chi connectivity index (χ1n) is 9.27. The number of nitrogens with one attached hydrogen (secondary N) is 1. The summed E-state index contributed by atoms with van der Waals surface area (Å²) in [5, 5.41) is 3.62. The van der Waals surface area contributed by atoms with Gasteiger partial charge in [0.15, 0.2) is 0 Å². The summed E-state index contributed by atoms with van der Waals surface area (Å²) in [6, 6.07) is 19.2. The van der Waals surface area contributed by atoms with Crippen LogP contribution >= 0.6 is 11.6 Å². The molecule has 6 heteroatoms. The van der Waals surface area contributed by atoms with E-state index >= 15 is 0 Å². The van der Waals surface area contributed by atoms with E-state index in [2.05, 4.69) is 15.3 Å². The van der Waals surface area contributed by atoms with Gasteiger partial charge in [-0.05, 0) is 56.2 Å². The molecule has 3 aromatic rings. The maximum atomic E-state index is 12.6. The molecule has 0 atom stereocenters. The van der Waals surface area contributed by atoms with Gasteiger partial charge in [0.1, 0.15) is 5.69 Å². The van der Waals surface area contributed by atoms with Crippen LogP contribution in [0.1, 0.15) is 28.7 Å². The number of amides is 1. The number of halogens is 1. The minimum absolute atomic E-state index is 0.210. The van der Waals surface area contributed by atoms with Crippen molar-refractivity contribution in [2.75, 3.05) is 18.0 Å². The highest BCUT2D eigenvalue weighted by Gasteiger charge is 2.15. The first kappa shape index (κ1) is 19.8. The van der Waals surface area contributed by atoms with Crippen molar-refractivity contribution in [3.05, 3.63) is 82.6 Å². The van der Waals surface area contributed by atoms with Gasteiger partial charge in [-0.1, -0.05) is 41.9 Å². The Hall–Kier alpha value is -2.92. The predicted molar refractivity (Wildman–Crippen MR) is 113 cm³/mol. The van der Waals surface area contributed by atoms with E-state index in [0.717, 1.165) is 16.9 Å². The van der Waals surface area contributed by atoms with Crippen LogP contribution in [0.25, 0.3) is 0 Å². The number of carbonyl (C=O) groups excluding carboxylic acids is 1. The Morgan fingerprint density at radius 3 is 2.57 bits per heavy atom. The Morgan fingerprint density at radius 1 is 1.07 bits per heavy atom. The molecule has 2 aromatic carbocycles. The second-order valence-corrected chi connectivity index (χ2v) is 6.85. The lowest BCUT2D eigenvalue weighted by Gasteiger charge is -2.21. The molecule has 0 aliphatic heterocycles. The summed E-state index contributed by atoms with van der Waals surface area (Å²) >= 11 is 6.00. The normalized spacial score (nSPS) is 10.5. The fourth-order valence-corrected chi connectivity index (χ4v) is 3.15. The number of para-hydroxylation sites is 1. The molecule has 1 aromatic heterocycles. The topological polar surface area (TPSA) is 58.1 Å². The quantitative estimate of drug-likeness (QED) is 0.637. The molecule has 1 N–H and O–H groups in total. The van der Waals surface area contributed by atoms with E-state index in [4.69, 9.17) is 11.6 Å². The zero-order valence-corrected chi connectivity index (χ0v) is 16.8. The number of aryl methyl sites for hydroxylation is 1. The molecule has 0 saturated carbocycles. The summed E-state index contributed by atoms with van der Waals surface area (Å²) in [4.78, 5) is 23.6. The number of benzene rings is 2. The van der Waals surface area contributed by atoms with E-state index < -0.39 is 0 Å². The average Bonchev–Trinajstić information content (AvgIpc) is 2.69. The van der Waals surface area contributed by atoms with Crippen LogP contribution in [0, 0.1) is 6.92 Å². The third-order valence-electron chi connectivity index (χ3n) is 4.29. The lowest BCUT2D eigenvalue weighted by molar-refractivity contribution is 0.0949. The highest BCUT2D eigenvalue weighted by Crippen LogP contribution is 2.22. The Balaban J connectivity index is 1.72. The standard InChI is InChI=1S/C22H23ClN4O/c1-3-27(19-10-5-4-6-11-19)22-25-16(2)14-20(26-22)21(28)24-13-12-17-8-7-9-18(23)15-17/h4-11,14-15H,3,12-13H2,1-2H3,(H,24,28). The largest absolute Gasteiger partial charge is 0.350 e. The Morgan fingerprint density at radius 2 is 1.86 bits per heavy atom. The summed E-state index contributed by atoms with van der Waals surface area (Å²) in [5.74, 6) is 0.312. The van der Waals surface area contributed by atoms with Gasteiger partial charge in [0, 0.05) is 29.5 Å². The first-order valence-corrected chi connectivity index (χ1v) is 9.65. The summed E-state index contributed by atoms with van der Waals surface area (Å²) in [6.07, 6.45) is 0.703. The van der Waals surface area contributed by atoms with Crippen LogP contribution in [0.15, 0.2) is 60.7 Å². The van der Waals surface area contributed by atoms with Crippen LogP contribution in [0.2, 0.25) is 5.02 Å². The van der Waals surface area contributed by atoms with Gasteiger partial charge < -0.3 is 10.2 Å². The van der Waals surface area contributed by atoms with E-state index in [1.165, 1.54) is 0 Å². The molecule has 0 unspecified atom stereocenters. The molecule has 3 rings (SSSR count). The minimum atomic E-state index is -0.210. The van der Waals surface area contributed by atoms with Crippen molar-refractivity contribution in [3.63, 3.8) is 0 Å². The van der Waals surface area contributed by atoms with E-state index in [0.29, 0.717) is 36.2 Å². The Bertz CT molecular complexity index is 946. The number of anilines is 2. The van der Waals surface area contributed by atoms with Crippen molar-refractivity contribution >= 4 is 29.1 Å². The molecule has 0 aliphatic carbocycles. The zero-order valence-electron chi connectivity index (χ0n) is 16.0. The van der Waals surface area contributed by atoms with Crippen molar-refractivity contribution in [1.82, 2.24) is 15.3 Å². The Labute approximate surface area is 170 Å². The minimum Gasteiger partial charge on any atom is -0.350 e. The number of rotatable bonds is 7. The molecular formula is C22H23ClN4O. The average molecular weight is 395 g/mol. The maximum Gasteiger partial charge on any atom is 0.270 e. The summed E-state index contributed by atoms with van der Waals surface area (Å²) in [7, 11) is 0. The van der Waals surface area contributed by atoms with E-state index in [1.807, 2.05) is 73.3 Å². The SMILES string of the molecule is CCN(c1ccccc1)c1nc(C)cc(C(=O)NCCc2cccc(Cl)c2)n1. The summed E-state index contributed by atoms with van der Waals surface area (Å²) in [5.41, 5.74) is 3.18. The first-order chi connectivity index (χ1) is 13.6. The van der Waals surface area contributed by atoms with Gasteiger partial charge in [-0.2, -0.15) is 0 Å². The Kier molecular flexibility index (Phi) is 6.61. The second-order valence-electron chi connectivity index (χ2n) is 6.41. The fourth-order valence-electron chi connectivity index (χ4n) is 2.94. The molecule has 0 radical (unpaired) electrons. The van der Waals surface area contributed by atoms with E-state index in [1.54, 1.807) is 6.07 Å². The lowest BCUT2D eigenvalue weighted by Crippen LogP contribution is -2.28. The van der Waals surface area contributed by atoms with Crippen molar-refractivity contribution in [2.45, 2.75) is 20.3 Å². The number of hydrogen-bond acceptors (Lipinski definition) is 4. The van der Waals surface area contributed by atoms with Crippen LogP contribution in [0.5, 0.6) is 0 Å². The lowest BCUT2D eigenvalue weighted by atomic mass is 10.1. The van der Waals surface area contributed by atoms with Gasteiger partial charge in [-0.3, -0.25) is 4.79 Å². The zero-order chi connectivity index (χ0) is 19.9. The van der Waals surface area contributed by atoms with E-state index in [9.17, 15) is 4.79 Å². The smallest absolute Gasteiger partial charge is 0.270 e. The van der Waals surface area contributed by atoms with Gasteiger partial charge in [0.25, 0.3) is 5.91 Å². The van der Waals surface area contributed by atoms with Crippen LogP contribution in [0.3, 0.4) is 0 Å². The predicted octanol–water partition coefficient (Wildman–Crippen LogP) is 4.57. The molecule has 5 nitrogen and oxygen atoms in total. The monoisotopic (exact) mass is 394 g/mol. The number of hydrogen-bond donors (Lipinski definition) is 1. The highest BCUT2D eigenvalue weighted by atomic mass is 35.5. The van der Waals surface area contributed by atoms with Gasteiger partial charge in [-0.25, -0.2) is 9.97 Å². The van der Waals surface area contributed by atoms with Gasteiger partial charge in [0.05, 0.1) is 0 Å². The molecule has 144 valence electrons. The number of nitrogens with zero attached hydrogens (tertiary/aromatic N) is 3. The summed E-state index contributed by atoms with van der Waals surface area (Å²) in [6.45, 7) is 5.10. The molecule has 1 heterocycles. The van der Waals surface area contributed by atoms with Crippen LogP contribution < -0.4 is 10.2 Å². The number of carbonyl (C=O) groups is 1. The third kappa shape index (κ3) is 5.08. The molecule has 0 saturated heterocycles. The molecule has 0 bridgehead atoms. The van der Waals surface area contributed by atoms with Crippen molar-refractivity contribution in [2.24, 2.45) is 0 Å². The molecule has 0 aliphatic rings. The van der Waals surface area contributed by atoms with Gasteiger partial charge in [-0.15, -0.1) is 0 Å². The van der Waals surface area contributed by atoms with Crippen molar-refractivity contribution in [3.8, 4) is 0 Å². The highest BCUT2D eigenvalue weighted by molar-refractivity contribution is 6.30. The molecule has 0 fully saturated rings. The molecule has 0 spiro atoms. The molecular weight excluding hydrogens is 372 g/mol. The van der Waals surface area contributed by atoms with Gasteiger partial charge >= 0.3 is 0 Å².